The Hall–Kier alpha value is -1.80. The molecule has 2 unspecified atom stereocenters. The molecule has 9 heteroatoms. The lowest BCUT2D eigenvalue weighted by atomic mass is 10.1. The number of hydrogen-bond donors (Lipinski definition) is 0. The van der Waals surface area contributed by atoms with E-state index in [0.29, 0.717) is 24.1 Å². The number of esters is 1. The van der Waals surface area contributed by atoms with E-state index in [9.17, 15) is 14.3 Å². The van der Waals surface area contributed by atoms with Gasteiger partial charge in [0, 0.05) is 13.0 Å². The van der Waals surface area contributed by atoms with Crippen LogP contribution in [0.15, 0.2) is 60.8 Å². The molecular weight excluding hydrogens is 794 g/mol. The second-order valence-corrected chi connectivity index (χ2v) is 19.6. The molecule has 0 aromatic rings. The van der Waals surface area contributed by atoms with E-state index in [1.54, 1.807) is 0 Å². The first-order valence-corrected chi connectivity index (χ1v) is 27.0. The smallest absolute Gasteiger partial charge is 0.306 e. The van der Waals surface area contributed by atoms with Crippen molar-refractivity contribution in [3.05, 3.63) is 60.8 Å². The highest BCUT2D eigenvalue weighted by molar-refractivity contribution is 7.45. The van der Waals surface area contributed by atoms with Crippen LogP contribution in [0.3, 0.4) is 0 Å². The molecule has 0 aliphatic heterocycles. The first-order chi connectivity index (χ1) is 30.1. The molecule has 8 nitrogen and oxygen atoms in total. The summed E-state index contributed by atoms with van der Waals surface area (Å²) in [5.74, 6) is -0.349. The summed E-state index contributed by atoms with van der Waals surface area (Å²) < 4.78 is 34.7. The van der Waals surface area contributed by atoms with Crippen LogP contribution in [0.5, 0.6) is 0 Å². The average molecular weight is 892 g/mol. The summed E-state index contributed by atoms with van der Waals surface area (Å²) in [6.45, 7) is 5.36. The Morgan fingerprint density at radius 2 is 0.887 bits per heavy atom. The summed E-state index contributed by atoms with van der Waals surface area (Å²) in [7, 11) is 1.34. The van der Waals surface area contributed by atoms with Gasteiger partial charge in [-0.2, -0.15) is 0 Å². The van der Waals surface area contributed by atoms with Gasteiger partial charge in [-0.1, -0.05) is 184 Å². The zero-order valence-corrected chi connectivity index (χ0v) is 42.0. The van der Waals surface area contributed by atoms with Gasteiger partial charge in [0.25, 0.3) is 7.82 Å². The minimum atomic E-state index is -4.54. The molecule has 0 amide bonds. The normalized spacial score (nSPS) is 14.1. The molecule has 0 N–H and O–H groups in total. The number of phosphoric ester groups is 1. The highest BCUT2D eigenvalue weighted by Crippen LogP contribution is 2.38. The maximum absolute atomic E-state index is 12.7. The van der Waals surface area contributed by atoms with Crippen molar-refractivity contribution in [3.63, 3.8) is 0 Å². The van der Waals surface area contributed by atoms with Crippen molar-refractivity contribution in [1.29, 1.82) is 0 Å². The standard InChI is InChI=1S/C53H98NO7P/c1-6-8-10-12-14-16-18-20-22-24-26-27-28-30-32-34-36-38-40-42-44-46-53(55)61-52(51-60-62(56,57)59-49-47-54(3,4)5)50-58-48-45-43-41-39-37-35-33-31-29-25-23-21-19-17-15-13-11-9-7-2/h17-20,23-26,28,30,52H,6-16,21-22,27,29,31-51H2,1-5H3/b19-17-,20-18-,25-23-,26-24-,30-28-. The number of nitrogens with zero attached hydrogens (tertiary/aromatic N) is 1. The Labute approximate surface area is 383 Å². The largest absolute Gasteiger partial charge is 0.756 e. The van der Waals surface area contributed by atoms with Crippen LogP contribution in [0.2, 0.25) is 0 Å². The lowest BCUT2D eigenvalue weighted by Crippen LogP contribution is -2.37. The molecule has 2 atom stereocenters. The van der Waals surface area contributed by atoms with Crippen LogP contribution in [-0.4, -0.2) is 70.7 Å². The number of quaternary nitrogens is 1. The van der Waals surface area contributed by atoms with Gasteiger partial charge in [0.2, 0.25) is 0 Å². The van der Waals surface area contributed by atoms with E-state index in [1.807, 2.05) is 21.1 Å². The van der Waals surface area contributed by atoms with Gasteiger partial charge in [-0.25, -0.2) is 0 Å². The highest BCUT2D eigenvalue weighted by atomic mass is 31.2. The fraction of sp³-hybridized carbons (Fsp3) is 0.792. The quantitative estimate of drug-likeness (QED) is 0.0197. The molecule has 0 rings (SSSR count). The van der Waals surface area contributed by atoms with Crippen molar-refractivity contribution in [3.8, 4) is 0 Å². The van der Waals surface area contributed by atoms with Crippen LogP contribution in [-0.2, 0) is 27.9 Å². The van der Waals surface area contributed by atoms with E-state index in [4.69, 9.17) is 18.5 Å². The van der Waals surface area contributed by atoms with E-state index < -0.39 is 13.9 Å². The Morgan fingerprint density at radius 1 is 0.500 bits per heavy atom. The third kappa shape index (κ3) is 49.2. The monoisotopic (exact) mass is 892 g/mol. The molecule has 0 fully saturated rings. The summed E-state index contributed by atoms with van der Waals surface area (Å²) in [5, 5.41) is 0. The number of unbranched alkanes of at least 4 members (excludes halogenated alkanes) is 23. The number of carbonyl (C=O) groups excluding carboxylic acids is 1. The van der Waals surface area contributed by atoms with Gasteiger partial charge >= 0.3 is 5.97 Å². The van der Waals surface area contributed by atoms with Crippen molar-refractivity contribution in [2.24, 2.45) is 0 Å². The Balaban J connectivity index is 4.21. The molecule has 0 aromatic carbocycles. The van der Waals surface area contributed by atoms with Gasteiger partial charge in [-0.3, -0.25) is 9.36 Å². The molecule has 0 aliphatic rings. The minimum Gasteiger partial charge on any atom is -0.756 e. The van der Waals surface area contributed by atoms with Gasteiger partial charge in [0.1, 0.15) is 19.3 Å². The summed E-state index contributed by atoms with van der Waals surface area (Å²) in [6.07, 6.45) is 58.1. The number of rotatable bonds is 47. The lowest BCUT2D eigenvalue weighted by Gasteiger charge is -2.28. The third-order valence-electron chi connectivity index (χ3n) is 10.8. The molecule has 0 bridgehead atoms. The maximum atomic E-state index is 12.7. The lowest BCUT2D eigenvalue weighted by molar-refractivity contribution is -0.870. The number of carbonyl (C=O) groups is 1. The second kappa shape index (κ2) is 45.8. The molecular formula is C53H98NO7P. The SMILES string of the molecule is CCCCCC/C=C\C/C=C\CCCCCCCCCCOCC(COP(=O)([O-])OCC[N+](C)(C)C)OC(=O)CCCCCCCC/C=C\C/C=C\C/C=C\CCCCCCC. The van der Waals surface area contributed by atoms with Crippen LogP contribution < -0.4 is 4.89 Å². The fourth-order valence-corrected chi connectivity index (χ4v) is 7.55. The number of allylic oxidation sites excluding steroid dienone is 10. The molecule has 0 radical (unpaired) electrons. The number of hydrogen-bond acceptors (Lipinski definition) is 7. The van der Waals surface area contributed by atoms with Gasteiger partial charge in [0.05, 0.1) is 34.4 Å². The van der Waals surface area contributed by atoms with E-state index >= 15 is 0 Å². The van der Waals surface area contributed by atoms with Crippen molar-refractivity contribution in [1.82, 2.24) is 0 Å². The summed E-state index contributed by atoms with van der Waals surface area (Å²) in [5.41, 5.74) is 0. The molecule has 62 heavy (non-hydrogen) atoms. The number of phosphoric acid groups is 1. The van der Waals surface area contributed by atoms with Crippen molar-refractivity contribution in [2.75, 3.05) is 54.1 Å². The number of ether oxygens (including phenoxy) is 2. The molecule has 0 aliphatic carbocycles. The predicted octanol–water partition coefficient (Wildman–Crippen LogP) is 15.0. The topological polar surface area (TPSA) is 94.1 Å². The Kier molecular flexibility index (Phi) is 44.4. The van der Waals surface area contributed by atoms with E-state index in [1.165, 1.54) is 128 Å². The van der Waals surface area contributed by atoms with E-state index in [0.717, 1.165) is 64.2 Å². The molecule has 362 valence electrons. The first kappa shape index (κ1) is 60.2. The Morgan fingerprint density at radius 3 is 1.34 bits per heavy atom. The average Bonchev–Trinajstić information content (AvgIpc) is 3.23. The zero-order chi connectivity index (χ0) is 45.5. The highest BCUT2D eigenvalue weighted by Gasteiger charge is 2.20. The summed E-state index contributed by atoms with van der Waals surface area (Å²) >= 11 is 0. The van der Waals surface area contributed by atoms with E-state index in [-0.39, 0.29) is 25.8 Å². The second-order valence-electron chi connectivity index (χ2n) is 18.2. The van der Waals surface area contributed by atoms with Crippen LogP contribution >= 0.6 is 7.82 Å². The zero-order valence-electron chi connectivity index (χ0n) is 41.1. The molecule has 0 aromatic heterocycles. The molecule has 0 saturated heterocycles. The van der Waals surface area contributed by atoms with Crippen molar-refractivity contribution >= 4 is 13.8 Å². The van der Waals surface area contributed by atoms with Gasteiger partial charge in [0.15, 0.2) is 0 Å². The molecule has 0 saturated carbocycles. The minimum absolute atomic E-state index is 0.0198. The van der Waals surface area contributed by atoms with Gasteiger partial charge < -0.3 is 27.9 Å². The summed E-state index contributed by atoms with van der Waals surface area (Å²) in [4.78, 5) is 25.2. The number of likely N-dealkylation sites (N-methyl/N-ethyl adjacent to an activating group) is 1. The maximum Gasteiger partial charge on any atom is 0.306 e. The molecule has 0 spiro atoms. The van der Waals surface area contributed by atoms with Gasteiger partial charge in [-0.15, -0.1) is 0 Å². The van der Waals surface area contributed by atoms with Crippen LogP contribution in [0, 0.1) is 0 Å². The van der Waals surface area contributed by atoms with Crippen molar-refractivity contribution in [2.45, 2.75) is 219 Å². The Bertz CT molecular complexity index is 1170. The van der Waals surface area contributed by atoms with Crippen molar-refractivity contribution < 1.29 is 37.3 Å². The predicted molar refractivity (Wildman–Crippen MR) is 263 cm³/mol. The van der Waals surface area contributed by atoms with E-state index in [2.05, 4.69) is 74.6 Å². The summed E-state index contributed by atoms with van der Waals surface area (Å²) in [6, 6.07) is 0. The fourth-order valence-electron chi connectivity index (χ4n) is 6.82. The first-order valence-electron chi connectivity index (χ1n) is 25.5. The van der Waals surface area contributed by atoms with Crippen LogP contribution in [0.25, 0.3) is 0 Å². The van der Waals surface area contributed by atoms with Gasteiger partial charge in [-0.05, 0) is 83.5 Å². The van der Waals surface area contributed by atoms with Crippen LogP contribution in [0.4, 0.5) is 0 Å². The van der Waals surface area contributed by atoms with Crippen LogP contribution in [0.1, 0.15) is 213 Å². The molecule has 0 heterocycles. The third-order valence-corrected chi connectivity index (χ3v) is 11.8.